The van der Waals surface area contributed by atoms with Gasteiger partial charge in [-0.05, 0) is 31.6 Å². The molecule has 16 heavy (non-hydrogen) atoms. The van der Waals surface area contributed by atoms with E-state index < -0.39 is 0 Å². The first-order valence-corrected chi connectivity index (χ1v) is 6.41. The molecule has 1 fully saturated rings. The maximum absolute atomic E-state index is 12.1. The van der Waals surface area contributed by atoms with Crippen molar-refractivity contribution in [3.63, 3.8) is 0 Å². The zero-order valence-corrected chi connectivity index (χ0v) is 11.0. The van der Waals surface area contributed by atoms with Crippen LogP contribution in [0.1, 0.15) is 40.5 Å². The zero-order chi connectivity index (χ0) is 12.1. The summed E-state index contributed by atoms with van der Waals surface area (Å²) in [5.41, 5.74) is 0. The van der Waals surface area contributed by atoms with Crippen LogP contribution in [0.5, 0.6) is 0 Å². The van der Waals surface area contributed by atoms with Crippen molar-refractivity contribution in [2.75, 3.05) is 19.7 Å². The highest BCUT2D eigenvalue weighted by atomic mass is 16.5. The van der Waals surface area contributed by atoms with Gasteiger partial charge in [-0.25, -0.2) is 0 Å². The number of carbonyl (C=O) groups is 1. The van der Waals surface area contributed by atoms with Gasteiger partial charge >= 0.3 is 0 Å². The molecule has 1 heterocycles. The van der Waals surface area contributed by atoms with Crippen molar-refractivity contribution < 1.29 is 9.53 Å². The number of rotatable bonds is 4. The standard InChI is InChI=1S/C13H25NO2/c1-10(2)9-16-12(4)13(15)14-7-5-6-11(3)8-14/h10-12H,5-9H2,1-4H3/t11-,12+/m1/s1. The van der Waals surface area contributed by atoms with E-state index in [0.29, 0.717) is 18.4 Å². The molecule has 0 spiro atoms. The number of carbonyl (C=O) groups excluding carboxylic acids is 1. The van der Waals surface area contributed by atoms with Gasteiger partial charge in [0, 0.05) is 19.7 Å². The molecule has 1 aliphatic heterocycles. The van der Waals surface area contributed by atoms with Crippen LogP contribution in [0.3, 0.4) is 0 Å². The minimum atomic E-state index is -0.285. The zero-order valence-electron chi connectivity index (χ0n) is 11.0. The lowest BCUT2D eigenvalue weighted by Crippen LogP contribution is -2.44. The fraction of sp³-hybridized carbons (Fsp3) is 0.923. The van der Waals surface area contributed by atoms with Gasteiger partial charge in [-0.3, -0.25) is 4.79 Å². The van der Waals surface area contributed by atoms with Gasteiger partial charge in [0.15, 0.2) is 0 Å². The summed E-state index contributed by atoms with van der Waals surface area (Å²) in [7, 11) is 0. The Morgan fingerprint density at radius 3 is 2.69 bits per heavy atom. The molecule has 0 radical (unpaired) electrons. The number of hydrogen-bond acceptors (Lipinski definition) is 2. The third-order valence-electron chi connectivity index (χ3n) is 3.00. The molecule has 0 N–H and O–H groups in total. The molecular weight excluding hydrogens is 202 g/mol. The lowest BCUT2D eigenvalue weighted by molar-refractivity contribution is -0.145. The first-order chi connectivity index (χ1) is 7.50. The molecule has 0 saturated carbocycles. The Hall–Kier alpha value is -0.570. The quantitative estimate of drug-likeness (QED) is 0.737. The number of piperidine rings is 1. The fourth-order valence-corrected chi connectivity index (χ4v) is 2.05. The molecule has 0 aromatic carbocycles. The van der Waals surface area contributed by atoms with Crippen molar-refractivity contribution in [2.45, 2.75) is 46.6 Å². The number of ether oxygens (including phenoxy) is 1. The van der Waals surface area contributed by atoms with Crippen molar-refractivity contribution in [3.05, 3.63) is 0 Å². The molecule has 2 atom stereocenters. The highest BCUT2D eigenvalue weighted by Crippen LogP contribution is 2.16. The fourth-order valence-electron chi connectivity index (χ4n) is 2.05. The Morgan fingerprint density at radius 1 is 1.44 bits per heavy atom. The molecule has 0 aliphatic carbocycles. The van der Waals surface area contributed by atoms with Crippen LogP contribution < -0.4 is 0 Å². The molecule has 0 bridgehead atoms. The Labute approximate surface area is 99.1 Å². The molecular formula is C13H25NO2. The second-order valence-corrected chi connectivity index (χ2v) is 5.40. The Morgan fingerprint density at radius 2 is 2.12 bits per heavy atom. The summed E-state index contributed by atoms with van der Waals surface area (Å²) in [6, 6.07) is 0. The number of nitrogens with zero attached hydrogens (tertiary/aromatic N) is 1. The van der Waals surface area contributed by atoms with E-state index in [1.807, 2.05) is 11.8 Å². The van der Waals surface area contributed by atoms with Gasteiger partial charge < -0.3 is 9.64 Å². The molecule has 3 nitrogen and oxygen atoms in total. The molecule has 0 unspecified atom stereocenters. The summed E-state index contributed by atoms with van der Waals surface area (Å²) in [6.45, 7) is 10.7. The van der Waals surface area contributed by atoms with Crippen LogP contribution in [0.15, 0.2) is 0 Å². The first-order valence-electron chi connectivity index (χ1n) is 6.41. The van der Waals surface area contributed by atoms with E-state index in [-0.39, 0.29) is 12.0 Å². The van der Waals surface area contributed by atoms with Gasteiger partial charge in [0.25, 0.3) is 5.91 Å². The summed E-state index contributed by atoms with van der Waals surface area (Å²) in [6.07, 6.45) is 2.09. The Kier molecular flexibility index (Phi) is 5.26. The summed E-state index contributed by atoms with van der Waals surface area (Å²) >= 11 is 0. The number of amides is 1. The summed E-state index contributed by atoms with van der Waals surface area (Å²) in [4.78, 5) is 14.0. The molecule has 0 aromatic heterocycles. The first kappa shape index (κ1) is 13.5. The third-order valence-corrected chi connectivity index (χ3v) is 3.00. The van der Waals surface area contributed by atoms with Gasteiger partial charge in [-0.2, -0.15) is 0 Å². The average Bonchev–Trinajstić information content (AvgIpc) is 2.24. The van der Waals surface area contributed by atoms with Crippen molar-refractivity contribution >= 4 is 5.91 Å². The van der Waals surface area contributed by atoms with Crippen LogP contribution in [0.2, 0.25) is 0 Å². The number of likely N-dealkylation sites (tertiary alicyclic amines) is 1. The second-order valence-electron chi connectivity index (χ2n) is 5.40. The van der Waals surface area contributed by atoms with Crippen molar-refractivity contribution in [3.8, 4) is 0 Å². The van der Waals surface area contributed by atoms with Crippen molar-refractivity contribution in [1.82, 2.24) is 4.90 Å². The predicted octanol–water partition coefficient (Wildman–Crippen LogP) is 2.31. The van der Waals surface area contributed by atoms with Crippen LogP contribution in [-0.2, 0) is 9.53 Å². The van der Waals surface area contributed by atoms with E-state index in [0.717, 1.165) is 19.5 Å². The molecule has 1 amide bonds. The summed E-state index contributed by atoms with van der Waals surface area (Å²) in [5, 5.41) is 0. The molecule has 0 aromatic rings. The highest BCUT2D eigenvalue weighted by Gasteiger charge is 2.25. The van der Waals surface area contributed by atoms with E-state index in [2.05, 4.69) is 20.8 Å². The third kappa shape index (κ3) is 4.12. The van der Waals surface area contributed by atoms with Crippen LogP contribution in [0.4, 0.5) is 0 Å². The van der Waals surface area contributed by atoms with Gasteiger partial charge in [0.05, 0.1) is 0 Å². The molecule has 1 rings (SSSR count). The van der Waals surface area contributed by atoms with E-state index in [9.17, 15) is 4.79 Å². The molecule has 1 aliphatic rings. The van der Waals surface area contributed by atoms with Gasteiger partial charge in [0.1, 0.15) is 6.10 Å². The lowest BCUT2D eigenvalue weighted by atomic mass is 10.00. The van der Waals surface area contributed by atoms with Crippen LogP contribution in [0.25, 0.3) is 0 Å². The Balaban J connectivity index is 2.37. The van der Waals surface area contributed by atoms with Crippen LogP contribution >= 0.6 is 0 Å². The summed E-state index contributed by atoms with van der Waals surface area (Å²) in [5.74, 6) is 1.28. The van der Waals surface area contributed by atoms with Crippen LogP contribution in [-0.4, -0.2) is 36.6 Å². The van der Waals surface area contributed by atoms with E-state index in [1.54, 1.807) is 0 Å². The average molecular weight is 227 g/mol. The maximum Gasteiger partial charge on any atom is 0.251 e. The monoisotopic (exact) mass is 227 g/mol. The molecule has 1 saturated heterocycles. The molecule has 94 valence electrons. The SMILES string of the molecule is CC(C)CO[C@@H](C)C(=O)N1CCC[C@@H](C)C1. The van der Waals surface area contributed by atoms with Gasteiger partial charge in [-0.15, -0.1) is 0 Å². The maximum atomic E-state index is 12.1. The van der Waals surface area contributed by atoms with Crippen molar-refractivity contribution in [1.29, 1.82) is 0 Å². The highest BCUT2D eigenvalue weighted by molar-refractivity contribution is 5.80. The minimum Gasteiger partial charge on any atom is -0.368 e. The largest absolute Gasteiger partial charge is 0.368 e. The van der Waals surface area contributed by atoms with Gasteiger partial charge in [0.2, 0.25) is 0 Å². The normalized spacial score (nSPS) is 23.6. The Bertz CT molecular complexity index is 228. The predicted molar refractivity (Wildman–Crippen MR) is 65.2 cm³/mol. The topological polar surface area (TPSA) is 29.5 Å². The lowest BCUT2D eigenvalue weighted by Gasteiger charge is -2.32. The van der Waals surface area contributed by atoms with E-state index >= 15 is 0 Å². The smallest absolute Gasteiger partial charge is 0.251 e. The van der Waals surface area contributed by atoms with Crippen LogP contribution in [0, 0.1) is 11.8 Å². The second kappa shape index (κ2) is 6.24. The molecule has 3 heteroatoms. The van der Waals surface area contributed by atoms with Crippen molar-refractivity contribution in [2.24, 2.45) is 11.8 Å². The van der Waals surface area contributed by atoms with E-state index in [1.165, 1.54) is 6.42 Å². The number of hydrogen-bond donors (Lipinski definition) is 0. The minimum absolute atomic E-state index is 0.159. The van der Waals surface area contributed by atoms with E-state index in [4.69, 9.17) is 4.74 Å². The van der Waals surface area contributed by atoms with Gasteiger partial charge in [-0.1, -0.05) is 20.8 Å². The summed E-state index contributed by atoms with van der Waals surface area (Å²) < 4.78 is 5.56.